The van der Waals surface area contributed by atoms with Crippen LogP contribution in [0.1, 0.15) is 19.3 Å². The highest BCUT2D eigenvalue weighted by atomic mass is 16.7. The lowest BCUT2D eigenvalue weighted by molar-refractivity contribution is -0.0909. The molecule has 4 N–H and O–H groups in total. The lowest BCUT2D eigenvalue weighted by Gasteiger charge is -2.16. The third-order valence-corrected chi connectivity index (χ3v) is 2.19. The van der Waals surface area contributed by atoms with Crippen molar-refractivity contribution in [1.29, 1.82) is 0 Å². The molecule has 13 heavy (non-hydrogen) atoms. The lowest BCUT2D eigenvalue weighted by atomic mass is 10.1. The summed E-state index contributed by atoms with van der Waals surface area (Å²) < 4.78 is 9.46. The molecule has 5 heteroatoms. The van der Waals surface area contributed by atoms with Crippen LogP contribution in [0.15, 0.2) is 0 Å². The van der Waals surface area contributed by atoms with Crippen molar-refractivity contribution in [3.05, 3.63) is 0 Å². The van der Waals surface area contributed by atoms with Gasteiger partial charge in [-0.3, -0.25) is 0 Å². The van der Waals surface area contributed by atoms with Crippen molar-refractivity contribution >= 4 is 0 Å². The molecule has 1 fully saturated rings. The molecule has 1 aliphatic heterocycles. The Bertz CT molecular complexity index is 155. The summed E-state index contributed by atoms with van der Waals surface area (Å²) in [7, 11) is 1.41. The Kier molecular flexibility index (Phi) is 4.08. The molecular formula is C8H17NO4. The predicted octanol–water partition coefficient (Wildman–Crippen LogP) is -0.834. The minimum absolute atomic E-state index is 0.0214. The molecule has 0 aromatic rings. The summed E-state index contributed by atoms with van der Waals surface area (Å²) >= 11 is 0. The van der Waals surface area contributed by atoms with Crippen LogP contribution < -0.4 is 5.73 Å². The van der Waals surface area contributed by atoms with Crippen LogP contribution in [0.2, 0.25) is 0 Å². The number of methoxy groups -OCH3 is 1. The van der Waals surface area contributed by atoms with Crippen molar-refractivity contribution < 1.29 is 19.7 Å². The van der Waals surface area contributed by atoms with E-state index in [9.17, 15) is 0 Å². The van der Waals surface area contributed by atoms with E-state index in [2.05, 4.69) is 4.74 Å². The van der Waals surface area contributed by atoms with Gasteiger partial charge < -0.3 is 25.4 Å². The van der Waals surface area contributed by atoms with E-state index < -0.39 is 12.6 Å². The zero-order valence-corrected chi connectivity index (χ0v) is 7.72. The van der Waals surface area contributed by atoms with Crippen molar-refractivity contribution in [1.82, 2.24) is 0 Å². The molecule has 1 heterocycles. The van der Waals surface area contributed by atoms with Gasteiger partial charge in [0.15, 0.2) is 12.6 Å². The van der Waals surface area contributed by atoms with Crippen molar-refractivity contribution in [2.75, 3.05) is 7.11 Å². The van der Waals surface area contributed by atoms with Crippen LogP contribution in [0.25, 0.3) is 0 Å². The first-order valence-corrected chi connectivity index (χ1v) is 4.45. The third kappa shape index (κ3) is 3.58. The first-order chi connectivity index (χ1) is 6.15. The van der Waals surface area contributed by atoms with E-state index in [4.69, 9.17) is 20.7 Å². The van der Waals surface area contributed by atoms with E-state index in [1.165, 1.54) is 7.11 Å². The van der Waals surface area contributed by atoms with Crippen molar-refractivity contribution in [3.8, 4) is 0 Å². The maximum absolute atomic E-state index is 9.13. The molecule has 1 saturated heterocycles. The molecule has 0 saturated carbocycles. The molecule has 0 aromatic heterocycles. The fraction of sp³-hybridized carbons (Fsp3) is 1.00. The van der Waals surface area contributed by atoms with Gasteiger partial charge in [-0.15, -0.1) is 0 Å². The Labute approximate surface area is 77.4 Å². The Morgan fingerprint density at radius 1 is 1.62 bits per heavy atom. The average Bonchev–Trinajstić information content (AvgIpc) is 2.80. The van der Waals surface area contributed by atoms with Crippen LogP contribution in [0, 0.1) is 0 Å². The van der Waals surface area contributed by atoms with Gasteiger partial charge in [0, 0.05) is 7.11 Å². The highest BCUT2D eigenvalue weighted by molar-refractivity contribution is 4.75. The van der Waals surface area contributed by atoms with Gasteiger partial charge in [0.2, 0.25) is 0 Å². The number of hydrogen-bond acceptors (Lipinski definition) is 5. The summed E-state index contributed by atoms with van der Waals surface area (Å²) in [6.07, 6.45) is 0.774. The topological polar surface area (TPSA) is 88.2 Å². The third-order valence-electron chi connectivity index (χ3n) is 2.19. The highest BCUT2D eigenvalue weighted by Gasteiger charge is 2.36. The van der Waals surface area contributed by atoms with E-state index in [-0.39, 0.29) is 12.1 Å². The predicted molar refractivity (Wildman–Crippen MR) is 45.7 cm³/mol. The van der Waals surface area contributed by atoms with E-state index in [0.717, 1.165) is 12.8 Å². The van der Waals surface area contributed by atoms with Gasteiger partial charge in [0.25, 0.3) is 0 Å². The summed E-state index contributed by atoms with van der Waals surface area (Å²) in [5, 5.41) is 18.0. The maximum atomic E-state index is 9.13. The molecule has 0 bridgehead atoms. The van der Waals surface area contributed by atoms with Crippen LogP contribution in [-0.4, -0.2) is 42.0 Å². The fourth-order valence-electron chi connectivity index (χ4n) is 1.22. The van der Waals surface area contributed by atoms with Crippen LogP contribution in [0.3, 0.4) is 0 Å². The molecule has 0 aromatic carbocycles. The largest absolute Gasteiger partial charge is 0.367 e. The smallest absolute Gasteiger partial charge is 0.181 e. The van der Waals surface area contributed by atoms with Crippen molar-refractivity contribution in [2.24, 2.45) is 5.73 Å². The SMILES string of the molecule is COC(O)C(N)CCCC1OC1O. The van der Waals surface area contributed by atoms with Crippen molar-refractivity contribution in [2.45, 2.75) is 44.0 Å². The number of hydrogen-bond donors (Lipinski definition) is 3. The van der Waals surface area contributed by atoms with E-state index in [0.29, 0.717) is 6.42 Å². The molecular weight excluding hydrogens is 174 g/mol. The van der Waals surface area contributed by atoms with Gasteiger partial charge in [0.05, 0.1) is 6.04 Å². The minimum atomic E-state index is -0.898. The first kappa shape index (κ1) is 10.9. The van der Waals surface area contributed by atoms with Gasteiger partial charge in [-0.05, 0) is 19.3 Å². The number of aliphatic hydroxyl groups excluding tert-OH is 2. The van der Waals surface area contributed by atoms with E-state index in [1.54, 1.807) is 0 Å². The van der Waals surface area contributed by atoms with E-state index >= 15 is 0 Å². The van der Waals surface area contributed by atoms with Crippen LogP contribution in [0.4, 0.5) is 0 Å². The standard InChI is InChI=1S/C8H17NO4/c1-12-7(10)5(9)3-2-4-6-8(11)13-6/h5-8,10-11H,2-4,9H2,1H3. The molecule has 4 atom stereocenters. The summed E-state index contributed by atoms with van der Waals surface area (Å²) in [4.78, 5) is 0. The maximum Gasteiger partial charge on any atom is 0.181 e. The molecule has 5 nitrogen and oxygen atoms in total. The molecule has 0 amide bonds. The van der Waals surface area contributed by atoms with Crippen molar-refractivity contribution in [3.63, 3.8) is 0 Å². The monoisotopic (exact) mass is 191 g/mol. The Balaban J connectivity index is 1.98. The van der Waals surface area contributed by atoms with E-state index in [1.807, 2.05) is 0 Å². The molecule has 1 aliphatic rings. The normalized spacial score (nSPS) is 31.4. The average molecular weight is 191 g/mol. The lowest BCUT2D eigenvalue weighted by Crippen LogP contribution is -2.35. The van der Waals surface area contributed by atoms with Crippen LogP contribution in [0.5, 0.6) is 0 Å². The second-order valence-corrected chi connectivity index (χ2v) is 3.29. The molecule has 1 rings (SSSR count). The van der Waals surface area contributed by atoms with Gasteiger partial charge in [-0.25, -0.2) is 0 Å². The zero-order chi connectivity index (χ0) is 9.84. The molecule has 78 valence electrons. The van der Waals surface area contributed by atoms with Gasteiger partial charge in [-0.2, -0.15) is 0 Å². The van der Waals surface area contributed by atoms with Gasteiger partial charge in [-0.1, -0.05) is 0 Å². The zero-order valence-electron chi connectivity index (χ0n) is 7.72. The number of epoxide rings is 1. The Morgan fingerprint density at radius 2 is 2.23 bits per heavy atom. The number of ether oxygens (including phenoxy) is 2. The summed E-state index contributed by atoms with van der Waals surface area (Å²) in [5.74, 6) is 0. The fourth-order valence-corrected chi connectivity index (χ4v) is 1.22. The van der Waals surface area contributed by atoms with Crippen LogP contribution >= 0.6 is 0 Å². The molecule has 4 unspecified atom stereocenters. The summed E-state index contributed by atoms with van der Waals surface area (Å²) in [5.41, 5.74) is 5.59. The second kappa shape index (κ2) is 4.88. The summed E-state index contributed by atoms with van der Waals surface area (Å²) in [6, 6.07) is -0.360. The quantitative estimate of drug-likeness (QED) is 0.376. The second-order valence-electron chi connectivity index (χ2n) is 3.29. The van der Waals surface area contributed by atoms with Crippen LogP contribution in [-0.2, 0) is 9.47 Å². The number of aliphatic hydroxyl groups is 2. The highest BCUT2D eigenvalue weighted by Crippen LogP contribution is 2.24. The Morgan fingerprint density at radius 3 is 2.69 bits per heavy atom. The number of rotatable bonds is 6. The number of nitrogens with two attached hydrogens (primary N) is 1. The minimum Gasteiger partial charge on any atom is -0.367 e. The van der Waals surface area contributed by atoms with Gasteiger partial charge >= 0.3 is 0 Å². The molecule has 0 aliphatic carbocycles. The van der Waals surface area contributed by atoms with Gasteiger partial charge in [0.1, 0.15) is 6.10 Å². The molecule has 0 radical (unpaired) electrons. The first-order valence-electron chi connectivity index (χ1n) is 4.45. The molecule has 0 spiro atoms. The summed E-state index contributed by atoms with van der Waals surface area (Å²) in [6.45, 7) is 0. The Hall–Kier alpha value is -0.200.